The zero-order valence-electron chi connectivity index (χ0n) is 11.4. The van der Waals surface area contributed by atoms with Crippen molar-refractivity contribution < 1.29 is 18.0 Å². The molecule has 1 aromatic heterocycles. The number of hydrogen-bond donors (Lipinski definition) is 2. The summed E-state index contributed by atoms with van der Waals surface area (Å²) < 4.78 is 38.4. The predicted octanol–water partition coefficient (Wildman–Crippen LogP) is 1.26. The number of carbonyl (C=O) groups excluding carboxylic acids is 1. The maximum atomic E-state index is 12.8. The topological polar surface area (TPSA) is 85.2 Å². The molecule has 1 aliphatic rings. The van der Waals surface area contributed by atoms with Gasteiger partial charge in [-0.3, -0.25) is 4.79 Å². The number of alkyl halides is 3. The summed E-state index contributed by atoms with van der Waals surface area (Å²) >= 11 is 0. The molecule has 1 aliphatic heterocycles. The fourth-order valence-electron chi connectivity index (χ4n) is 2.47. The van der Waals surface area contributed by atoms with E-state index >= 15 is 0 Å². The molecular weight excluding hydrogens is 285 g/mol. The van der Waals surface area contributed by atoms with Crippen LogP contribution in [0.25, 0.3) is 0 Å². The van der Waals surface area contributed by atoms with E-state index in [2.05, 4.69) is 4.98 Å². The Morgan fingerprint density at radius 3 is 2.71 bits per heavy atom. The Morgan fingerprint density at radius 1 is 1.43 bits per heavy atom. The van der Waals surface area contributed by atoms with Crippen LogP contribution in [0.1, 0.15) is 24.1 Å². The zero-order valence-corrected chi connectivity index (χ0v) is 11.4. The van der Waals surface area contributed by atoms with Gasteiger partial charge in [-0.25, -0.2) is 4.98 Å². The number of pyridine rings is 1. The number of nitrogens with two attached hydrogens (primary N) is 2. The number of amides is 1. The van der Waals surface area contributed by atoms with E-state index in [0.717, 1.165) is 6.07 Å². The summed E-state index contributed by atoms with van der Waals surface area (Å²) in [6, 6.07) is 2.25. The Kier molecular flexibility index (Phi) is 4.36. The van der Waals surface area contributed by atoms with Crippen LogP contribution >= 0.6 is 0 Å². The van der Waals surface area contributed by atoms with Gasteiger partial charge in [0.05, 0.1) is 5.92 Å². The van der Waals surface area contributed by atoms with Crippen molar-refractivity contribution in [1.82, 2.24) is 4.98 Å². The van der Waals surface area contributed by atoms with Crippen LogP contribution in [0.4, 0.5) is 19.0 Å². The van der Waals surface area contributed by atoms with Gasteiger partial charge in [0.25, 0.3) is 0 Å². The van der Waals surface area contributed by atoms with Crippen molar-refractivity contribution in [3.05, 3.63) is 23.4 Å². The van der Waals surface area contributed by atoms with Crippen LogP contribution in [0.2, 0.25) is 0 Å². The van der Waals surface area contributed by atoms with Gasteiger partial charge in [-0.2, -0.15) is 13.2 Å². The zero-order chi connectivity index (χ0) is 15.6. The number of carbonyl (C=O) groups is 1. The Bertz CT molecular complexity index is 533. The summed E-state index contributed by atoms with van der Waals surface area (Å²) in [4.78, 5) is 16.6. The first-order chi connectivity index (χ1) is 9.82. The van der Waals surface area contributed by atoms with Gasteiger partial charge in [0.15, 0.2) is 0 Å². The lowest BCUT2D eigenvalue weighted by Gasteiger charge is -2.33. The van der Waals surface area contributed by atoms with E-state index in [-0.39, 0.29) is 24.8 Å². The Morgan fingerprint density at radius 2 is 2.14 bits per heavy atom. The number of rotatable bonds is 3. The highest BCUT2D eigenvalue weighted by Crippen LogP contribution is 2.31. The fourth-order valence-corrected chi connectivity index (χ4v) is 2.47. The lowest BCUT2D eigenvalue weighted by molar-refractivity contribution is -0.141. The largest absolute Gasteiger partial charge is 0.433 e. The molecule has 1 atom stereocenters. The van der Waals surface area contributed by atoms with Crippen molar-refractivity contribution in [2.24, 2.45) is 17.4 Å². The van der Waals surface area contributed by atoms with Crippen molar-refractivity contribution in [1.29, 1.82) is 0 Å². The summed E-state index contributed by atoms with van der Waals surface area (Å²) in [5.74, 6) is -0.625. The molecule has 1 aromatic rings. The van der Waals surface area contributed by atoms with Crippen LogP contribution in [0.5, 0.6) is 0 Å². The third kappa shape index (κ3) is 3.44. The lowest BCUT2D eigenvalue weighted by atomic mass is 9.97. The minimum Gasteiger partial charge on any atom is -0.369 e. The van der Waals surface area contributed by atoms with E-state index in [1.165, 1.54) is 6.07 Å². The number of primary amides is 1. The average molecular weight is 302 g/mol. The number of nitrogens with zero attached hydrogens (tertiary/aromatic N) is 2. The van der Waals surface area contributed by atoms with E-state index in [1.807, 2.05) is 0 Å². The Labute approximate surface area is 120 Å². The molecule has 0 aromatic carbocycles. The molecule has 8 heteroatoms. The highest BCUT2D eigenvalue weighted by atomic mass is 19.4. The van der Waals surface area contributed by atoms with Gasteiger partial charge in [-0.1, -0.05) is 6.07 Å². The smallest absolute Gasteiger partial charge is 0.369 e. The Hall–Kier alpha value is -1.83. The van der Waals surface area contributed by atoms with Crippen LogP contribution < -0.4 is 16.4 Å². The second-order valence-electron chi connectivity index (χ2n) is 5.07. The summed E-state index contributed by atoms with van der Waals surface area (Å²) in [5.41, 5.74) is 10.4. The van der Waals surface area contributed by atoms with Gasteiger partial charge >= 0.3 is 6.18 Å². The first-order valence-corrected chi connectivity index (χ1v) is 6.64. The highest BCUT2D eigenvalue weighted by molar-refractivity contribution is 5.77. The first-order valence-electron chi connectivity index (χ1n) is 6.64. The van der Waals surface area contributed by atoms with E-state index < -0.39 is 17.8 Å². The van der Waals surface area contributed by atoms with Crippen LogP contribution in [0, 0.1) is 5.92 Å². The molecule has 4 N–H and O–H groups in total. The van der Waals surface area contributed by atoms with Crippen LogP contribution in [0.15, 0.2) is 12.1 Å². The molecule has 21 heavy (non-hydrogen) atoms. The quantitative estimate of drug-likeness (QED) is 0.880. The normalized spacial score (nSPS) is 19.6. The lowest BCUT2D eigenvalue weighted by Crippen LogP contribution is -2.42. The van der Waals surface area contributed by atoms with Gasteiger partial charge in [0.2, 0.25) is 5.91 Å². The summed E-state index contributed by atoms with van der Waals surface area (Å²) in [6.07, 6.45) is -3.20. The third-order valence-corrected chi connectivity index (χ3v) is 3.59. The number of aromatic nitrogens is 1. The van der Waals surface area contributed by atoms with Crippen molar-refractivity contribution in [2.75, 3.05) is 18.0 Å². The van der Waals surface area contributed by atoms with E-state index in [9.17, 15) is 18.0 Å². The molecule has 2 heterocycles. The first kappa shape index (κ1) is 15.6. The number of anilines is 1. The molecular formula is C13H17F3N4O. The summed E-state index contributed by atoms with van der Waals surface area (Å²) in [5, 5.41) is 0. The molecule has 0 radical (unpaired) electrons. The van der Waals surface area contributed by atoms with Gasteiger partial charge in [0, 0.05) is 25.2 Å². The molecule has 1 amide bonds. The van der Waals surface area contributed by atoms with E-state index in [4.69, 9.17) is 11.5 Å². The van der Waals surface area contributed by atoms with Crippen LogP contribution in [-0.2, 0) is 17.5 Å². The van der Waals surface area contributed by atoms with Crippen LogP contribution in [-0.4, -0.2) is 24.0 Å². The monoisotopic (exact) mass is 302 g/mol. The molecule has 0 aliphatic carbocycles. The molecule has 1 saturated heterocycles. The number of piperidine rings is 1. The van der Waals surface area contributed by atoms with Gasteiger partial charge in [-0.05, 0) is 18.9 Å². The van der Waals surface area contributed by atoms with E-state index in [1.54, 1.807) is 4.90 Å². The average Bonchev–Trinajstić information content (AvgIpc) is 2.45. The molecule has 5 nitrogen and oxygen atoms in total. The molecule has 1 fully saturated rings. The van der Waals surface area contributed by atoms with Crippen molar-refractivity contribution in [3.8, 4) is 0 Å². The molecule has 0 spiro atoms. The molecule has 2 rings (SSSR count). The minimum absolute atomic E-state index is 0.0816. The third-order valence-electron chi connectivity index (χ3n) is 3.59. The number of hydrogen-bond acceptors (Lipinski definition) is 4. The van der Waals surface area contributed by atoms with Crippen molar-refractivity contribution in [3.63, 3.8) is 0 Å². The fraction of sp³-hybridized carbons (Fsp3) is 0.538. The van der Waals surface area contributed by atoms with Crippen molar-refractivity contribution >= 4 is 11.7 Å². The second kappa shape index (κ2) is 5.88. The SMILES string of the molecule is NCc1ccc(C(F)(F)F)nc1N1CCCC(C(N)=O)C1. The van der Waals surface area contributed by atoms with Crippen LogP contribution in [0.3, 0.4) is 0 Å². The molecule has 1 unspecified atom stereocenters. The number of halogens is 3. The van der Waals surface area contributed by atoms with Crippen molar-refractivity contribution in [2.45, 2.75) is 25.6 Å². The highest BCUT2D eigenvalue weighted by Gasteiger charge is 2.34. The van der Waals surface area contributed by atoms with Gasteiger partial charge in [-0.15, -0.1) is 0 Å². The molecule has 116 valence electrons. The summed E-state index contributed by atoms with van der Waals surface area (Å²) in [7, 11) is 0. The van der Waals surface area contributed by atoms with Gasteiger partial charge < -0.3 is 16.4 Å². The van der Waals surface area contributed by atoms with Gasteiger partial charge in [0.1, 0.15) is 11.5 Å². The molecule has 0 saturated carbocycles. The maximum absolute atomic E-state index is 12.8. The summed E-state index contributed by atoms with van der Waals surface area (Å²) in [6.45, 7) is 0.889. The molecule has 0 bridgehead atoms. The standard InChI is InChI=1S/C13H17F3N4O/c14-13(15,16)10-4-3-8(6-17)12(19-10)20-5-1-2-9(7-20)11(18)21/h3-4,9H,1-2,5-7,17H2,(H2,18,21). The van der Waals surface area contributed by atoms with E-state index in [0.29, 0.717) is 24.9 Å². The predicted molar refractivity (Wildman–Crippen MR) is 71.3 cm³/mol. The maximum Gasteiger partial charge on any atom is 0.433 e. The minimum atomic E-state index is -4.51. The Balaban J connectivity index is 2.34. The second-order valence-corrected chi connectivity index (χ2v) is 5.07.